The van der Waals surface area contributed by atoms with Gasteiger partial charge < -0.3 is 28.3 Å². The molecule has 3 aromatic carbocycles. The number of carbonyl (C=O) groups excluding carboxylic acids is 1. The van der Waals surface area contributed by atoms with Gasteiger partial charge in [-0.3, -0.25) is 4.79 Å². The number of amides is 1. The lowest BCUT2D eigenvalue weighted by atomic mass is 9.96. The zero-order valence-electron chi connectivity index (χ0n) is 21.2. The Bertz CT molecular complexity index is 1650. The van der Waals surface area contributed by atoms with Crippen LogP contribution in [0.25, 0.3) is 22.3 Å². The fourth-order valence-electron chi connectivity index (χ4n) is 3.55. The van der Waals surface area contributed by atoms with Crippen LogP contribution in [0.3, 0.4) is 0 Å². The summed E-state index contributed by atoms with van der Waals surface area (Å²) in [5.74, 6) is -1.58. The van der Waals surface area contributed by atoms with Gasteiger partial charge in [0.1, 0.15) is 17.2 Å². The minimum absolute atomic E-state index is 0.0297. The van der Waals surface area contributed by atoms with Crippen LogP contribution in [0.4, 0.5) is 5.69 Å². The SMILES string of the molecule is COc1cc(-c2ccc(OS(C)(=O)=O)cc2)c(OC)c(OS(C)(=O)=O)c1-c1ccc(O)c(NC(=O)C(Cl)(Cl)Cl)c1. The van der Waals surface area contributed by atoms with Crippen LogP contribution in [0.1, 0.15) is 0 Å². The standard InChI is InChI=1S/C24H22Cl3NO10S2/c1-35-19-12-16(13-5-8-15(9-6-13)37-39(3,31)32)21(36-2)22(38-40(4,33)34)20(19)14-7-10-18(29)17(11-14)28-23(30)24(25,26)27/h5-12,29H,1-4H3,(H,28,30). The normalized spacial score (nSPS) is 12.0. The van der Waals surface area contributed by atoms with E-state index in [1.807, 2.05) is 0 Å². The second-order valence-electron chi connectivity index (χ2n) is 8.15. The molecule has 0 heterocycles. The summed E-state index contributed by atoms with van der Waals surface area (Å²) < 4.78 is 66.6. The molecule has 1 amide bonds. The lowest BCUT2D eigenvalue weighted by molar-refractivity contribution is -0.115. The van der Waals surface area contributed by atoms with E-state index >= 15 is 0 Å². The van der Waals surface area contributed by atoms with Gasteiger partial charge in [-0.25, -0.2) is 0 Å². The van der Waals surface area contributed by atoms with Crippen molar-refractivity contribution >= 4 is 66.6 Å². The number of hydrogen-bond acceptors (Lipinski definition) is 10. The number of phenols is 1. The summed E-state index contributed by atoms with van der Waals surface area (Å²) in [5.41, 5.74) is 0.911. The van der Waals surface area contributed by atoms with Crippen molar-refractivity contribution in [1.82, 2.24) is 0 Å². The summed E-state index contributed by atoms with van der Waals surface area (Å²) in [6.07, 6.45) is 1.73. The molecule has 0 bridgehead atoms. The first-order valence-electron chi connectivity index (χ1n) is 10.8. The van der Waals surface area contributed by atoms with E-state index < -0.39 is 29.9 Å². The third-order valence-electron chi connectivity index (χ3n) is 5.06. The molecule has 0 aliphatic rings. The molecule has 11 nitrogen and oxygen atoms in total. The van der Waals surface area contributed by atoms with Crippen LogP contribution >= 0.6 is 34.8 Å². The maximum Gasteiger partial charge on any atom is 0.306 e. The van der Waals surface area contributed by atoms with Gasteiger partial charge in [0.05, 0.1) is 38.0 Å². The summed E-state index contributed by atoms with van der Waals surface area (Å²) >= 11 is 16.9. The molecule has 0 spiro atoms. The van der Waals surface area contributed by atoms with E-state index in [1.165, 1.54) is 62.8 Å². The third kappa shape index (κ3) is 7.76. The average Bonchev–Trinajstić information content (AvgIpc) is 2.82. The highest BCUT2D eigenvalue weighted by Crippen LogP contribution is 2.51. The highest BCUT2D eigenvalue weighted by atomic mass is 35.6. The number of ether oxygens (including phenoxy) is 2. The van der Waals surface area contributed by atoms with Gasteiger partial charge in [0, 0.05) is 5.56 Å². The molecule has 0 radical (unpaired) electrons. The number of benzene rings is 3. The largest absolute Gasteiger partial charge is 0.506 e. The Kier molecular flexibility index (Phi) is 9.26. The molecule has 3 rings (SSSR count). The van der Waals surface area contributed by atoms with Crippen molar-refractivity contribution in [3.63, 3.8) is 0 Å². The van der Waals surface area contributed by atoms with Gasteiger partial charge in [-0.1, -0.05) is 53.0 Å². The quantitative estimate of drug-likeness (QED) is 0.188. The number of halogens is 3. The number of alkyl halides is 3. The van der Waals surface area contributed by atoms with Crippen molar-refractivity contribution in [2.45, 2.75) is 3.79 Å². The van der Waals surface area contributed by atoms with E-state index in [-0.39, 0.29) is 45.6 Å². The highest BCUT2D eigenvalue weighted by molar-refractivity contribution is 7.86. The van der Waals surface area contributed by atoms with Crippen molar-refractivity contribution in [3.8, 4) is 51.0 Å². The van der Waals surface area contributed by atoms with E-state index in [0.29, 0.717) is 11.1 Å². The molecule has 216 valence electrons. The second kappa shape index (κ2) is 11.8. The molecule has 0 aliphatic carbocycles. The molecule has 16 heteroatoms. The van der Waals surface area contributed by atoms with Crippen molar-refractivity contribution in [1.29, 1.82) is 0 Å². The number of hydrogen-bond donors (Lipinski definition) is 2. The first kappa shape index (κ1) is 31.4. The molecule has 2 N–H and O–H groups in total. The summed E-state index contributed by atoms with van der Waals surface area (Å²) in [5, 5.41) is 12.6. The van der Waals surface area contributed by atoms with Crippen LogP contribution in [0.5, 0.6) is 28.7 Å². The van der Waals surface area contributed by atoms with Gasteiger partial charge in [0.25, 0.3) is 9.70 Å². The van der Waals surface area contributed by atoms with Crippen LogP contribution in [-0.4, -0.2) is 58.4 Å². The Hall–Kier alpha value is -3.10. The predicted molar refractivity (Wildman–Crippen MR) is 152 cm³/mol. The molecule has 0 atom stereocenters. The molecular formula is C24H22Cl3NO10S2. The highest BCUT2D eigenvalue weighted by Gasteiger charge is 2.32. The van der Waals surface area contributed by atoms with E-state index in [4.69, 9.17) is 52.6 Å². The van der Waals surface area contributed by atoms with Crippen molar-refractivity contribution in [2.24, 2.45) is 0 Å². The first-order chi connectivity index (χ1) is 18.4. The maximum absolute atomic E-state index is 12.3. The number of aromatic hydroxyl groups is 1. The first-order valence-corrected chi connectivity index (χ1v) is 15.6. The number of nitrogens with one attached hydrogen (secondary N) is 1. The monoisotopic (exact) mass is 653 g/mol. The van der Waals surface area contributed by atoms with Crippen molar-refractivity contribution in [3.05, 3.63) is 48.5 Å². The summed E-state index contributed by atoms with van der Waals surface area (Å²) in [7, 11) is -5.29. The van der Waals surface area contributed by atoms with Gasteiger partial charge >= 0.3 is 20.2 Å². The minimum Gasteiger partial charge on any atom is -0.506 e. The molecule has 0 aromatic heterocycles. The molecule has 40 heavy (non-hydrogen) atoms. The van der Waals surface area contributed by atoms with Gasteiger partial charge in [-0.2, -0.15) is 16.8 Å². The van der Waals surface area contributed by atoms with E-state index in [1.54, 1.807) is 0 Å². The zero-order chi connectivity index (χ0) is 30.0. The van der Waals surface area contributed by atoms with E-state index in [2.05, 4.69) is 5.32 Å². The van der Waals surface area contributed by atoms with Gasteiger partial charge in [-0.15, -0.1) is 0 Å². The molecular weight excluding hydrogens is 633 g/mol. The molecule has 0 fully saturated rings. The summed E-state index contributed by atoms with van der Waals surface area (Å²) in [6, 6.07) is 11.3. The average molecular weight is 655 g/mol. The van der Waals surface area contributed by atoms with Crippen LogP contribution < -0.4 is 23.2 Å². The Morgan fingerprint density at radius 1 is 0.825 bits per heavy atom. The van der Waals surface area contributed by atoms with Crippen LogP contribution in [0.2, 0.25) is 0 Å². The molecule has 0 aliphatic heterocycles. The number of phenolic OH excluding ortho intramolecular Hbond substituents is 1. The Morgan fingerprint density at radius 2 is 1.40 bits per heavy atom. The van der Waals surface area contributed by atoms with Gasteiger partial charge in [-0.05, 0) is 41.5 Å². The van der Waals surface area contributed by atoms with E-state index in [9.17, 15) is 26.7 Å². The lowest BCUT2D eigenvalue weighted by Crippen LogP contribution is -2.26. The Labute approximate surface area is 245 Å². The zero-order valence-corrected chi connectivity index (χ0v) is 25.1. The predicted octanol–water partition coefficient (Wildman–Crippen LogP) is 4.73. The number of carbonyl (C=O) groups is 1. The van der Waals surface area contributed by atoms with Crippen LogP contribution in [0, 0.1) is 0 Å². The number of rotatable bonds is 9. The molecule has 3 aromatic rings. The molecule has 0 saturated carbocycles. The summed E-state index contributed by atoms with van der Waals surface area (Å²) in [4.78, 5) is 12.2. The topological polar surface area (TPSA) is 155 Å². The van der Waals surface area contributed by atoms with Gasteiger partial charge in [0.15, 0.2) is 11.5 Å². The second-order valence-corrected chi connectivity index (χ2v) is 13.6. The fraction of sp³-hybridized carbons (Fsp3) is 0.208. The summed E-state index contributed by atoms with van der Waals surface area (Å²) in [6.45, 7) is 0. The van der Waals surface area contributed by atoms with Crippen LogP contribution in [0.15, 0.2) is 48.5 Å². The molecule has 0 saturated heterocycles. The Balaban J connectivity index is 2.28. The minimum atomic E-state index is -4.14. The van der Waals surface area contributed by atoms with E-state index in [0.717, 1.165) is 12.5 Å². The van der Waals surface area contributed by atoms with Crippen LogP contribution in [-0.2, 0) is 25.0 Å². The number of anilines is 1. The lowest BCUT2D eigenvalue weighted by Gasteiger charge is -2.21. The maximum atomic E-state index is 12.3. The number of methoxy groups -OCH3 is 2. The fourth-order valence-corrected chi connectivity index (χ4v) is 4.61. The third-order valence-corrected chi connectivity index (χ3v) is 6.54. The smallest absolute Gasteiger partial charge is 0.306 e. The van der Waals surface area contributed by atoms with Crippen molar-refractivity contribution < 1.29 is 44.6 Å². The van der Waals surface area contributed by atoms with Gasteiger partial charge in [0.2, 0.25) is 0 Å². The Morgan fingerprint density at radius 3 is 1.90 bits per heavy atom. The molecule has 0 unspecified atom stereocenters. The van der Waals surface area contributed by atoms with Crippen molar-refractivity contribution in [2.75, 3.05) is 32.0 Å².